The molecule has 0 aliphatic carbocycles. The van der Waals surface area contributed by atoms with Gasteiger partial charge in [0, 0.05) is 17.9 Å². The molecule has 1 atom stereocenters. The third-order valence-electron chi connectivity index (χ3n) is 3.51. The predicted octanol–water partition coefficient (Wildman–Crippen LogP) is 3.74. The highest BCUT2D eigenvalue weighted by Crippen LogP contribution is 2.24. The summed E-state index contributed by atoms with van der Waals surface area (Å²) in [5.74, 6) is -2.09. The van der Waals surface area contributed by atoms with Crippen molar-refractivity contribution < 1.29 is 13.6 Å². The Kier molecular flexibility index (Phi) is 4.91. The molecule has 0 aromatic heterocycles. The zero-order chi connectivity index (χ0) is 13.8. The van der Waals surface area contributed by atoms with Gasteiger partial charge in [-0.25, -0.2) is 8.78 Å². The molecule has 1 aliphatic heterocycles. The Morgan fingerprint density at radius 2 is 2.00 bits per heavy atom. The average Bonchev–Trinajstić information content (AvgIpc) is 2.39. The summed E-state index contributed by atoms with van der Waals surface area (Å²) in [6.45, 7) is 0.574. The molecule has 2 nitrogen and oxygen atoms in total. The van der Waals surface area contributed by atoms with E-state index in [0.29, 0.717) is 6.54 Å². The lowest BCUT2D eigenvalue weighted by Gasteiger charge is -2.35. The van der Waals surface area contributed by atoms with Gasteiger partial charge in [0.1, 0.15) is 17.2 Å². The minimum atomic E-state index is -0.784. The van der Waals surface area contributed by atoms with Crippen LogP contribution in [0.1, 0.15) is 36.0 Å². The number of carbonyl (C=O) groups excluding carboxylic acids is 1. The first kappa shape index (κ1) is 14.4. The number of likely N-dealkylation sites (tertiary alicyclic amines) is 1. The largest absolute Gasteiger partial charge is 0.335 e. The van der Waals surface area contributed by atoms with Gasteiger partial charge in [-0.2, -0.15) is 0 Å². The summed E-state index contributed by atoms with van der Waals surface area (Å²) in [6.07, 6.45) is 3.65. The SMILES string of the molecule is O=C(c1c(F)cccc1F)N1CCCCC1CCBr. The fourth-order valence-corrected chi connectivity index (χ4v) is 3.07. The summed E-state index contributed by atoms with van der Waals surface area (Å²) in [4.78, 5) is 14.0. The molecule has 0 radical (unpaired) electrons. The highest BCUT2D eigenvalue weighted by molar-refractivity contribution is 9.09. The van der Waals surface area contributed by atoms with E-state index in [-0.39, 0.29) is 6.04 Å². The molecule has 0 N–H and O–H groups in total. The number of alkyl halides is 1. The standard InChI is InChI=1S/C14H16BrF2NO/c15-8-7-10-4-1-2-9-18(10)14(19)13-11(16)5-3-6-12(13)17/h3,5-6,10H,1-2,4,7-9H2. The summed E-state index contributed by atoms with van der Waals surface area (Å²) >= 11 is 3.36. The van der Waals surface area contributed by atoms with E-state index in [1.807, 2.05) is 0 Å². The van der Waals surface area contributed by atoms with E-state index >= 15 is 0 Å². The molecule has 1 saturated heterocycles. The van der Waals surface area contributed by atoms with Crippen molar-refractivity contribution in [3.8, 4) is 0 Å². The number of halogens is 3. The van der Waals surface area contributed by atoms with Crippen LogP contribution in [0, 0.1) is 11.6 Å². The smallest absolute Gasteiger partial charge is 0.260 e. The number of nitrogens with zero attached hydrogens (tertiary/aromatic N) is 1. The maximum Gasteiger partial charge on any atom is 0.260 e. The second-order valence-corrected chi connectivity index (χ2v) is 5.52. The van der Waals surface area contributed by atoms with Crippen molar-refractivity contribution in [2.45, 2.75) is 31.7 Å². The summed E-state index contributed by atoms with van der Waals surface area (Å²) in [7, 11) is 0. The zero-order valence-electron chi connectivity index (χ0n) is 10.5. The van der Waals surface area contributed by atoms with Crippen molar-refractivity contribution in [2.24, 2.45) is 0 Å². The van der Waals surface area contributed by atoms with Gasteiger partial charge in [0.2, 0.25) is 0 Å². The first-order valence-electron chi connectivity index (χ1n) is 6.46. The van der Waals surface area contributed by atoms with Gasteiger partial charge in [0.05, 0.1) is 0 Å². The van der Waals surface area contributed by atoms with Gasteiger partial charge in [-0.3, -0.25) is 4.79 Å². The van der Waals surface area contributed by atoms with Crippen LogP contribution in [0.25, 0.3) is 0 Å². The molecule has 0 bridgehead atoms. The molecule has 104 valence electrons. The molecular weight excluding hydrogens is 316 g/mol. The maximum absolute atomic E-state index is 13.7. The number of hydrogen-bond acceptors (Lipinski definition) is 1. The average molecular weight is 332 g/mol. The van der Waals surface area contributed by atoms with Crippen LogP contribution < -0.4 is 0 Å². The molecule has 19 heavy (non-hydrogen) atoms. The van der Waals surface area contributed by atoms with E-state index in [9.17, 15) is 13.6 Å². The molecule has 1 aromatic carbocycles. The quantitative estimate of drug-likeness (QED) is 0.772. The van der Waals surface area contributed by atoms with Crippen molar-refractivity contribution in [2.75, 3.05) is 11.9 Å². The number of piperidine rings is 1. The molecule has 1 aromatic rings. The van der Waals surface area contributed by atoms with Gasteiger partial charge in [-0.05, 0) is 37.8 Å². The molecule has 5 heteroatoms. The van der Waals surface area contributed by atoms with E-state index in [2.05, 4.69) is 15.9 Å². The third-order valence-corrected chi connectivity index (χ3v) is 3.96. The summed E-state index contributed by atoms with van der Waals surface area (Å²) < 4.78 is 27.3. The molecular formula is C14H16BrF2NO. The molecule has 2 rings (SSSR count). The Morgan fingerprint density at radius 1 is 1.32 bits per heavy atom. The van der Waals surface area contributed by atoms with E-state index in [4.69, 9.17) is 0 Å². The van der Waals surface area contributed by atoms with Crippen molar-refractivity contribution in [1.29, 1.82) is 0 Å². The molecule has 1 amide bonds. The fourth-order valence-electron chi connectivity index (χ4n) is 2.54. The predicted molar refractivity (Wildman–Crippen MR) is 73.4 cm³/mol. The third kappa shape index (κ3) is 3.14. The maximum atomic E-state index is 13.7. The van der Waals surface area contributed by atoms with Gasteiger partial charge in [-0.1, -0.05) is 22.0 Å². The Labute approximate surface area is 119 Å². The van der Waals surface area contributed by atoms with Crippen LogP contribution in [0.3, 0.4) is 0 Å². The number of carbonyl (C=O) groups is 1. The van der Waals surface area contributed by atoms with Crippen molar-refractivity contribution in [1.82, 2.24) is 4.90 Å². The van der Waals surface area contributed by atoms with Gasteiger partial charge in [-0.15, -0.1) is 0 Å². The van der Waals surface area contributed by atoms with Crippen LogP contribution in [0.5, 0.6) is 0 Å². The van der Waals surface area contributed by atoms with E-state index < -0.39 is 23.1 Å². The Bertz CT molecular complexity index is 445. The molecule has 1 unspecified atom stereocenters. The minimum Gasteiger partial charge on any atom is -0.335 e. The van der Waals surface area contributed by atoms with Crippen LogP contribution in [0.4, 0.5) is 8.78 Å². The highest BCUT2D eigenvalue weighted by atomic mass is 79.9. The lowest BCUT2D eigenvalue weighted by atomic mass is 9.98. The summed E-state index contributed by atoms with van der Waals surface area (Å²) in [6, 6.07) is 3.59. The number of hydrogen-bond donors (Lipinski definition) is 0. The highest BCUT2D eigenvalue weighted by Gasteiger charge is 2.30. The lowest BCUT2D eigenvalue weighted by molar-refractivity contribution is 0.0600. The van der Waals surface area contributed by atoms with Crippen molar-refractivity contribution >= 4 is 21.8 Å². The number of rotatable bonds is 3. The first-order chi connectivity index (χ1) is 9.15. The van der Waals surface area contributed by atoms with Crippen LogP contribution in [0.15, 0.2) is 18.2 Å². The Morgan fingerprint density at radius 3 is 2.63 bits per heavy atom. The van der Waals surface area contributed by atoms with E-state index in [1.54, 1.807) is 4.90 Å². The number of amides is 1. The monoisotopic (exact) mass is 331 g/mol. The topological polar surface area (TPSA) is 20.3 Å². The molecule has 1 aliphatic rings. The second kappa shape index (κ2) is 6.46. The lowest BCUT2D eigenvalue weighted by Crippen LogP contribution is -2.44. The van der Waals surface area contributed by atoms with Gasteiger partial charge in [0.15, 0.2) is 0 Å². The van der Waals surface area contributed by atoms with Crippen LogP contribution in [0.2, 0.25) is 0 Å². The fraction of sp³-hybridized carbons (Fsp3) is 0.500. The molecule has 0 spiro atoms. The van der Waals surface area contributed by atoms with E-state index in [1.165, 1.54) is 6.07 Å². The van der Waals surface area contributed by atoms with Crippen molar-refractivity contribution in [3.05, 3.63) is 35.4 Å². The van der Waals surface area contributed by atoms with E-state index in [0.717, 1.165) is 43.1 Å². The summed E-state index contributed by atoms with van der Waals surface area (Å²) in [5.41, 5.74) is -0.427. The molecule has 1 heterocycles. The minimum absolute atomic E-state index is 0.0691. The van der Waals surface area contributed by atoms with Gasteiger partial charge < -0.3 is 4.90 Å². The summed E-state index contributed by atoms with van der Waals surface area (Å²) in [5, 5.41) is 0.779. The molecule has 1 fully saturated rings. The zero-order valence-corrected chi connectivity index (χ0v) is 12.1. The van der Waals surface area contributed by atoms with Crippen LogP contribution >= 0.6 is 15.9 Å². The Hall–Kier alpha value is -0.970. The van der Waals surface area contributed by atoms with Crippen molar-refractivity contribution in [3.63, 3.8) is 0 Å². The molecule has 0 saturated carbocycles. The number of benzene rings is 1. The van der Waals surface area contributed by atoms with Crippen LogP contribution in [-0.4, -0.2) is 28.7 Å². The van der Waals surface area contributed by atoms with Gasteiger partial charge >= 0.3 is 0 Å². The second-order valence-electron chi connectivity index (χ2n) is 4.72. The van der Waals surface area contributed by atoms with Crippen LogP contribution in [-0.2, 0) is 0 Å². The first-order valence-corrected chi connectivity index (χ1v) is 7.58. The normalized spacial score (nSPS) is 19.5. The Balaban J connectivity index is 2.26. The van der Waals surface area contributed by atoms with Gasteiger partial charge in [0.25, 0.3) is 5.91 Å².